The normalized spacial score (nSPS) is 17.9. The molecule has 0 saturated carbocycles. The van der Waals surface area contributed by atoms with Gasteiger partial charge in [0.25, 0.3) is 17.5 Å². The van der Waals surface area contributed by atoms with Crippen LogP contribution in [0.3, 0.4) is 0 Å². The van der Waals surface area contributed by atoms with Crippen molar-refractivity contribution < 1.29 is 14.5 Å². The van der Waals surface area contributed by atoms with E-state index in [2.05, 4.69) is 16.9 Å². The van der Waals surface area contributed by atoms with E-state index in [1.54, 1.807) is 18.3 Å². The Morgan fingerprint density at radius 1 is 1.09 bits per heavy atom. The number of non-ortho nitro benzene ring substituents is 1. The molecule has 2 amide bonds. The molecule has 1 aromatic carbocycles. The van der Waals surface area contributed by atoms with E-state index in [1.165, 1.54) is 29.2 Å². The number of likely N-dealkylation sites (tertiary alicyclic amines) is 1. The minimum absolute atomic E-state index is 0.0679. The standard InChI is InChI=1S/C23H25N5O4/c1-25-13-10-18(11-14-25)26(2)21-20(16-6-8-19(9-7-16)28(31)32)22(29)27(23(21)30)15-17-5-3-4-12-24-17/h3-9,12,18H,10-11,13-15H2,1-2H3. The SMILES string of the molecule is CN1CCC(N(C)C2=C(c3ccc([N+](=O)[O-])cc3)C(=O)N(Cc3ccccn3)C2=O)CC1. The molecular formula is C23H25N5O4. The van der Waals surface area contributed by atoms with E-state index in [0.29, 0.717) is 17.0 Å². The van der Waals surface area contributed by atoms with Crippen LogP contribution in [0.2, 0.25) is 0 Å². The maximum Gasteiger partial charge on any atom is 0.278 e. The van der Waals surface area contributed by atoms with E-state index in [4.69, 9.17) is 0 Å². The van der Waals surface area contributed by atoms with E-state index in [1.807, 2.05) is 18.0 Å². The first-order chi connectivity index (χ1) is 15.4. The van der Waals surface area contributed by atoms with Gasteiger partial charge in [0.15, 0.2) is 0 Å². The third-order valence-electron chi connectivity index (χ3n) is 6.15. The largest absolute Gasteiger partial charge is 0.366 e. The number of hydrogen-bond donors (Lipinski definition) is 0. The van der Waals surface area contributed by atoms with Gasteiger partial charge in [0.05, 0.1) is 22.7 Å². The molecule has 2 aliphatic heterocycles. The number of carbonyl (C=O) groups excluding carboxylic acids is 2. The topological polar surface area (TPSA) is 99.9 Å². The van der Waals surface area contributed by atoms with Crippen molar-refractivity contribution >= 4 is 23.1 Å². The molecule has 4 rings (SSSR count). The minimum atomic E-state index is -0.487. The first kappa shape index (κ1) is 21.6. The molecule has 0 aliphatic carbocycles. The summed E-state index contributed by atoms with van der Waals surface area (Å²) in [6.45, 7) is 1.89. The highest BCUT2D eigenvalue weighted by molar-refractivity contribution is 6.35. The molecule has 0 spiro atoms. The lowest BCUT2D eigenvalue weighted by atomic mass is 10.00. The van der Waals surface area contributed by atoms with Crippen LogP contribution in [0.1, 0.15) is 24.1 Å². The third-order valence-corrected chi connectivity index (χ3v) is 6.15. The Morgan fingerprint density at radius 3 is 2.38 bits per heavy atom. The summed E-state index contributed by atoms with van der Waals surface area (Å²) >= 11 is 0. The number of piperidine rings is 1. The van der Waals surface area contributed by atoms with Crippen LogP contribution in [0, 0.1) is 10.1 Å². The number of nitro benzene ring substituents is 1. The summed E-state index contributed by atoms with van der Waals surface area (Å²) in [6, 6.07) is 11.3. The maximum absolute atomic E-state index is 13.5. The molecule has 9 heteroatoms. The van der Waals surface area contributed by atoms with E-state index in [0.717, 1.165) is 25.9 Å². The lowest BCUT2D eigenvalue weighted by Crippen LogP contribution is -2.43. The molecule has 0 unspecified atom stereocenters. The number of aromatic nitrogens is 1. The molecule has 166 valence electrons. The molecule has 0 bridgehead atoms. The Bertz CT molecular complexity index is 1060. The Hall–Kier alpha value is -3.59. The summed E-state index contributed by atoms with van der Waals surface area (Å²) in [5.74, 6) is -0.778. The molecule has 1 aromatic heterocycles. The van der Waals surface area contributed by atoms with E-state index in [9.17, 15) is 19.7 Å². The van der Waals surface area contributed by atoms with Gasteiger partial charge in [-0.1, -0.05) is 6.07 Å². The number of carbonyl (C=O) groups is 2. The quantitative estimate of drug-likeness (QED) is 0.390. The Balaban J connectivity index is 1.72. The number of pyridine rings is 1. The van der Waals surface area contributed by atoms with Gasteiger partial charge in [-0.15, -0.1) is 0 Å². The molecule has 2 aromatic rings. The first-order valence-electron chi connectivity index (χ1n) is 10.5. The van der Waals surface area contributed by atoms with Gasteiger partial charge in [-0.25, -0.2) is 0 Å². The number of nitro groups is 1. The molecular weight excluding hydrogens is 410 g/mol. The number of benzene rings is 1. The predicted octanol–water partition coefficient (Wildman–Crippen LogP) is 2.30. The minimum Gasteiger partial charge on any atom is -0.366 e. The summed E-state index contributed by atoms with van der Waals surface area (Å²) in [6.07, 6.45) is 3.38. The van der Waals surface area contributed by atoms with Crippen LogP contribution in [0.4, 0.5) is 5.69 Å². The lowest BCUT2D eigenvalue weighted by Gasteiger charge is -2.36. The predicted molar refractivity (Wildman–Crippen MR) is 118 cm³/mol. The van der Waals surface area contributed by atoms with Gasteiger partial charge < -0.3 is 9.80 Å². The zero-order valence-corrected chi connectivity index (χ0v) is 18.1. The molecule has 0 atom stereocenters. The molecule has 9 nitrogen and oxygen atoms in total. The molecule has 32 heavy (non-hydrogen) atoms. The van der Waals surface area contributed by atoms with Crippen LogP contribution < -0.4 is 0 Å². The van der Waals surface area contributed by atoms with Crippen molar-refractivity contribution in [2.45, 2.75) is 25.4 Å². The zero-order valence-electron chi connectivity index (χ0n) is 18.1. The molecule has 0 N–H and O–H groups in total. The molecule has 1 saturated heterocycles. The second kappa shape index (κ2) is 8.88. The molecule has 0 radical (unpaired) electrons. The van der Waals surface area contributed by atoms with Crippen LogP contribution >= 0.6 is 0 Å². The van der Waals surface area contributed by atoms with Crippen molar-refractivity contribution in [1.82, 2.24) is 19.7 Å². The monoisotopic (exact) mass is 435 g/mol. The van der Waals surface area contributed by atoms with Gasteiger partial charge in [0.1, 0.15) is 5.70 Å². The Labute approximate surface area is 186 Å². The summed E-state index contributed by atoms with van der Waals surface area (Å²) in [7, 11) is 3.92. The van der Waals surface area contributed by atoms with Gasteiger partial charge in [0.2, 0.25) is 0 Å². The summed E-state index contributed by atoms with van der Waals surface area (Å²) in [5, 5.41) is 11.1. The summed E-state index contributed by atoms with van der Waals surface area (Å²) in [5.41, 5.74) is 1.66. The van der Waals surface area contributed by atoms with Crippen molar-refractivity contribution in [3.8, 4) is 0 Å². The lowest BCUT2D eigenvalue weighted by molar-refractivity contribution is -0.384. The van der Waals surface area contributed by atoms with E-state index >= 15 is 0 Å². The molecule has 1 fully saturated rings. The van der Waals surface area contributed by atoms with Crippen LogP contribution in [-0.2, 0) is 16.1 Å². The fourth-order valence-electron chi connectivity index (χ4n) is 4.26. The smallest absolute Gasteiger partial charge is 0.278 e. The van der Waals surface area contributed by atoms with Gasteiger partial charge in [-0.2, -0.15) is 0 Å². The summed E-state index contributed by atoms with van der Waals surface area (Å²) < 4.78 is 0. The van der Waals surface area contributed by atoms with Crippen molar-refractivity contribution in [3.63, 3.8) is 0 Å². The number of rotatable bonds is 6. The summed E-state index contributed by atoms with van der Waals surface area (Å²) in [4.78, 5) is 47.1. The van der Waals surface area contributed by atoms with Crippen LogP contribution in [0.15, 0.2) is 54.4 Å². The second-order valence-corrected chi connectivity index (χ2v) is 8.19. The van der Waals surface area contributed by atoms with Crippen molar-refractivity contribution in [3.05, 3.63) is 75.7 Å². The van der Waals surface area contributed by atoms with Gasteiger partial charge in [-0.3, -0.25) is 29.6 Å². The Morgan fingerprint density at radius 2 is 1.78 bits per heavy atom. The Kier molecular flexibility index (Phi) is 6.00. The zero-order chi connectivity index (χ0) is 22.8. The maximum atomic E-state index is 13.5. The average Bonchev–Trinajstić information content (AvgIpc) is 3.04. The van der Waals surface area contributed by atoms with Gasteiger partial charge in [-0.05, 0) is 62.8 Å². The average molecular weight is 435 g/mol. The van der Waals surface area contributed by atoms with Crippen LogP contribution in [-0.4, -0.2) is 69.6 Å². The highest BCUT2D eigenvalue weighted by Crippen LogP contribution is 2.34. The van der Waals surface area contributed by atoms with Crippen LogP contribution in [0.5, 0.6) is 0 Å². The van der Waals surface area contributed by atoms with E-state index in [-0.39, 0.29) is 29.8 Å². The van der Waals surface area contributed by atoms with Gasteiger partial charge >= 0.3 is 0 Å². The highest BCUT2D eigenvalue weighted by atomic mass is 16.6. The van der Waals surface area contributed by atoms with E-state index < -0.39 is 10.8 Å². The van der Waals surface area contributed by atoms with Crippen molar-refractivity contribution in [1.29, 1.82) is 0 Å². The van der Waals surface area contributed by atoms with Crippen molar-refractivity contribution in [2.75, 3.05) is 27.2 Å². The fraction of sp³-hybridized carbons (Fsp3) is 0.348. The number of imide groups is 1. The molecule has 3 heterocycles. The fourth-order valence-corrected chi connectivity index (χ4v) is 4.26. The van der Waals surface area contributed by atoms with Crippen LogP contribution in [0.25, 0.3) is 5.57 Å². The first-order valence-corrected chi connectivity index (χ1v) is 10.5. The number of nitrogens with zero attached hydrogens (tertiary/aromatic N) is 5. The van der Waals surface area contributed by atoms with Crippen molar-refractivity contribution in [2.24, 2.45) is 0 Å². The highest BCUT2D eigenvalue weighted by Gasteiger charge is 2.42. The third kappa shape index (κ3) is 4.11. The number of hydrogen-bond acceptors (Lipinski definition) is 7. The van der Waals surface area contributed by atoms with Gasteiger partial charge in [0, 0.05) is 31.4 Å². The number of likely N-dealkylation sites (N-methyl/N-ethyl adjacent to an activating group) is 1. The molecule has 2 aliphatic rings. The second-order valence-electron chi connectivity index (χ2n) is 8.19. The number of amides is 2.